The zero-order valence-corrected chi connectivity index (χ0v) is 22.3. The van der Waals surface area contributed by atoms with Gasteiger partial charge in [-0.2, -0.15) is 0 Å². The Balaban J connectivity index is 1.44. The monoisotopic (exact) mass is 495 g/mol. The summed E-state index contributed by atoms with van der Waals surface area (Å²) >= 11 is 0. The van der Waals surface area contributed by atoms with Crippen molar-refractivity contribution in [3.05, 3.63) is 53.1 Å². The van der Waals surface area contributed by atoms with E-state index in [2.05, 4.69) is 47.9 Å². The summed E-state index contributed by atoms with van der Waals surface area (Å²) in [6.07, 6.45) is 2.06. The summed E-state index contributed by atoms with van der Waals surface area (Å²) in [7, 11) is 3.36. The minimum Gasteiger partial charge on any atom is -0.493 e. The maximum absolute atomic E-state index is 12.9. The number of likely N-dealkylation sites (tertiary alicyclic amines) is 1. The largest absolute Gasteiger partial charge is 0.493 e. The van der Waals surface area contributed by atoms with E-state index in [0.29, 0.717) is 12.5 Å². The van der Waals surface area contributed by atoms with Gasteiger partial charge in [0, 0.05) is 56.9 Å². The van der Waals surface area contributed by atoms with E-state index in [1.807, 2.05) is 17.0 Å². The van der Waals surface area contributed by atoms with Crippen LogP contribution in [0.5, 0.6) is 17.2 Å². The summed E-state index contributed by atoms with van der Waals surface area (Å²) in [5.41, 5.74) is 3.59. The lowest BCUT2D eigenvalue weighted by atomic mass is 9.95. The second kappa shape index (κ2) is 12.5. The van der Waals surface area contributed by atoms with Crippen molar-refractivity contribution in [2.75, 3.05) is 53.6 Å². The number of hydrogen-bond donors (Lipinski definition) is 0. The molecule has 36 heavy (non-hydrogen) atoms. The normalized spacial score (nSPS) is 18.6. The highest BCUT2D eigenvalue weighted by Gasteiger charge is 2.28. The molecule has 0 bridgehead atoms. The van der Waals surface area contributed by atoms with Crippen molar-refractivity contribution < 1.29 is 19.0 Å². The lowest BCUT2D eigenvalue weighted by Gasteiger charge is -2.34. The zero-order chi connectivity index (χ0) is 25.5. The molecule has 2 heterocycles. The van der Waals surface area contributed by atoms with E-state index in [1.54, 1.807) is 14.2 Å². The molecule has 4 rings (SSSR count). The van der Waals surface area contributed by atoms with Crippen molar-refractivity contribution in [1.82, 2.24) is 14.7 Å². The van der Waals surface area contributed by atoms with Gasteiger partial charge in [-0.15, -0.1) is 0 Å². The number of piperidine rings is 1. The van der Waals surface area contributed by atoms with Gasteiger partial charge in [0.15, 0.2) is 11.5 Å². The SMILES string of the molecule is CCN(CC)C(=O)C1CCCN(Cc2ccc3c(c2)CN(Cc2cccc(OC)c2OC)CCO3)C1. The zero-order valence-electron chi connectivity index (χ0n) is 22.3. The Morgan fingerprint density at radius 2 is 1.89 bits per heavy atom. The van der Waals surface area contributed by atoms with Crippen LogP contribution in [-0.4, -0.2) is 74.2 Å². The van der Waals surface area contributed by atoms with Crippen LogP contribution in [-0.2, 0) is 24.4 Å². The van der Waals surface area contributed by atoms with Crippen molar-refractivity contribution in [1.29, 1.82) is 0 Å². The Morgan fingerprint density at radius 1 is 1.06 bits per heavy atom. The first kappa shape index (κ1) is 26.3. The highest BCUT2D eigenvalue weighted by molar-refractivity contribution is 5.79. The minimum atomic E-state index is 0.108. The fourth-order valence-corrected chi connectivity index (χ4v) is 5.51. The predicted molar refractivity (Wildman–Crippen MR) is 142 cm³/mol. The summed E-state index contributed by atoms with van der Waals surface area (Å²) in [5.74, 6) is 2.92. The van der Waals surface area contributed by atoms with Gasteiger partial charge in [-0.3, -0.25) is 14.6 Å². The van der Waals surface area contributed by atoms with Crippen LogP contribution in [0.2, 0.25) is 0 Å². The molecule has 2 aliphatic heterocycles. The summed E-state index contributed by atoms with van der Waals surface area (Å²) in [6.45, 7) is 11.5. The number of amides is 1. The number of methoxy groups -OCH3 is 2. The van der Waals surface area contributed by atoms with Crippen LogP contribution in [0.3, 0.4) is 0 Å². The van der Waals surface area contributed by atoms with Crippen LogP contribution in [0.15, 0.2) is 36.4 Å². The highest BCUT2D eigenvalue weighted by Crippen LogP contribution is 2.33. The third kappa shape index (κ3) is 6.13. The summed E-state index contributed by atoms with van der Waals surface area (Å²) in [4.78, 5) is 19.7. The molecule has 0 saturated carbocycles. The van der Waals surface area contributed by atoms with Gasteiger partial charge in [0.25, 0.3) is 0 Å². The molecule has 0 N–H and O–H groups in total. The lowest BCUT2D eigenvalue weighted by molar-refractivity contribution is -0.137. The van der Waals surface area contributed by atoms with Crippen LogP contribution >= 0.6 is 0 Å². The third-order valence-electron chi connectivity index (χ3n) is 7.40. The van der Waals surface area contributed by atoms with Crippen molar-refractivity contribution >= 4 is 5.91 Å². The maximum Gasteiger partial charge on any atom is 0.226 e. The number of benzene rings is 2. The Morgan fingerprint density at radius 3 is 2.64 bits per heavy atom. The quantitative estimate of drug-likeness (QED) is 0.520. The second-order valence-electron chi connectivity index (χ2n) is 9.74. The molecule has 196 valence electrons. The summed E-state index contributed by atoms with van der Waals surface area (Å²) < 4.78 is 17.2. The van der Waals surface area contributed by atoms with Crippen LogP contribution in [0, 0.1) is 5.92 Å². The molecule has 1 atom stereocenters. The van der Waals surface area contributed by atoms with E-state index in [1.165, 1.54) is 11.1 Å². The van der Waals surface area contributed by atoms with Gasteiger partial charge in [-0.1, -0.05) is 18.2 Å². The molecule has 1 unspecified atom stereocenters. The first-order chi connectivity index (χ1) is 17.6. The van der Waals surface area contributed by atoms with Crippen molar-refractivity contribution in [3.8, 4) is 17.2 Å². The molecule has 1 fully saturated rings. The maximum atomic E-state index is 12.9. The first-order valence-electron chi connectivity index (χ1n) is 13.2. The van der Waals surface area contributed by atoms with E-state index < -0.39 is 0 Å². The topological polar surface area (TPSA) is 54.5 Å². The van der Waals surface area contributed by atoms with Gasteiger partial charge in [-0.25, -0.2) is 0 Å². The fourth-order valence-electron chi connectivity index (χ4n) is 5.51. The average molecular weight is 496 g/mol. The van der Waals surface area contributed by atoms with E-state index >= 15 is 0 Å². The Hall–Kier alpha value is -2.77. The Labute approximate surface area is 215 Å². The summed E-state index contributed by atoms with van der Waals surface area (Å²) in [6, 6.07) is 12.6. The number of para-hydroxylation sites is 1. The van der Waals surface area contributed by atoms with Crippen LogP contribution in [0.1, 0.15) is 43.4 Å². The molecule has 2 aromatic carbocycles. The lowest BCUT2D eigenvalue weighted by Crippen LogP contribution is -2.44. The molecule has 1 saturated heterocycles. The highest BCUT2D eigenvalue weighted by atomic mass is 16.5. The van der Waals surface area contributed by atoms with Crippen LogP contribution in [0.25, 0.3) is 0 Å². The molecule has 0 aliphatic carbocycles. The van der Waals surface area contributed by atoms with E-state index in [0.717, 1.165) is 88.0 Å². The van der Waals surface area contributed by atoms with E-state index in [-0.39, 0.29) is 5.92 Å². The number of rotatable bonds is 9. The first-order valence-corrected chi connectivity index (χ1v) is 13.2. The number of ether oxygens (including phenoxy) is 3. The summed E-state index contributed by atoms with van der Waals surface area (Å²) in [5, 5.41) is 0. The van der Waals surface area contributed by atoms with E-state index in [4.69, 9.17) is 14.2 Å². The number of hydrogen-bond acceptors (Lipinski definition) is 6. The number of fused-ring (bicyclic) bond motifs is 1. The predicted octanol–water partition coefficient (Wildman–Crippen LogP) is 4.18. The Kier molecular flexibility index (Phi) is 9.10. The van der Waals surface area contributed by atoms with Gasteiger partial charge in [0.05, 0.1) is 20.1 Å². The molecular weight excluding hydrogens is 454 g/mol. The molecule has 2 aliphatic rings. The average Bonchev–Trinajstić information content (AvgIpc) is 3.10. The smallest absolute Gasteiger partial charge is 0.226 e. The van der Waals surface area contributed by atoms with Crippen molar-refractivity contribution in [2.45, 2.75) is 46.3 Å². The van der Waals surface area contributed by atoms with Crippen LogP contribution < -0.4 is 14.2 Å². The Bertz CT molecular complexity index is 1020. The van der Waals surface area contributed by atoms with Crippen molar-refractivity contribution in [3.63, 3.8) is 0 Å². The van der Waals surface area contributed by atoms with Gasteiger partial charge in [-0.05, 0) is 57.0 Å². The minimum absolute atomic E-state index is 0.108. The number of carbonyl (C=O) groups is 1. The molecule has 7 heteroatoms. The molecular formula is C29H41N3O4. The molecule has 7 nitrogen and oxygen atoms in total. The molecule has 0 spiro atoms. The van der Waals surface area contributed by atoms with Gasteiger partial charge < -0.3 is 19.1 Å². The third-order valence-corrected chi connectivity index (χ3v) is 7.40. The van der Waals surface area contributed by atoms with Gasteiger partial charge in [0.2, 0.25) is 5.91 Å². The standard InChI is InChI=1S/C29H41N3O4/c1-5-32(6-2)29(33)24-10-8-14-30(20-24)18-22-12-13-26-25(17-22)21-31(15-16-36-26)19-23-9-7-11-27(34-3)28(23)35-4/h7,9,11-13,17,24H,5-6,8,10,14-16,18-21H2,1-4H3. The molecule has 2 aromatic rings. The fraction of sp³-hybridized carbons (Fsp3) is 0.552. The second-order valence-corrected chi connectivity index (χ2v) is 9.74. The molecule has 0 radical (unpaired) electrons. The van der Waals surface area contributed by atoms with Gasteiger partial charge >= 0.3 is 0 Å². The number of nitrogens with zero attached hydrogens (tertiary/aromatic N) is 3. The van der Waals surface area contributed by atoms with E-state index in [9.17, 15) is 4.79 Å². The molecule has 1 amide bonds. The number of carbonyl (C=O) groups excluding carboxylic acids is 1. The van der Waals surface area contributed by atoms with Crippen molar-refractivity contribution in [2.24, 2.45) is 5.92 Å². The van der Waals surface area contributed by atoms with Gasteiger partial charge in [0.1, 0.15) is 12.4 Å². The molecule has 0 aromatic heterocycles. The van der Waals surface area contributed by atoms with Crippen LogP contribution in [0.4, 0.5) is 0 Å².